The maximum Gasteiger partial charge on any atom is 0.190 e. The standard InChI is InChI=1S/C17H22N4S/c1-4-5-6-7-8-9-10-14-11-15(13-18-12-14)16-19-20-17(22-3)21(16)2/h11-13H,4-8H2,1-3H3. The van der Waals surface area contributed by atoms with E-state index in [1.54, 1.807) is 24.2 Å². The molecule has 0 aliphatic heterocycles. The third-order valence-electron chi connectivity index (χ3n) is 3.40. The summed E-state index contributed by atoms with van der Waals surface area (Å²) in [4.78, 5) is 4.28. The van der Waals surface area contributed by atoms with E-state index in [9.17, 15) is 0 Å². The fourth-order valence-corrected chi connectivity index (χ4v) is 2.66. The molecule has 0 fully saturated rings. The molecule has 0 saturated carbocycles. The van der Waals surface area contributed by atoms with Gasteiger partial charge in [-0.3, -0.25) is 4.98 Å². The Kier molecular flexibility index (Phi) is 6.47. The highest BCUT2D eigenvalue weighted by Gasteiger charge is 2.10. The summed E-state index contributed by atoms with van der Waals surface area (Å²) < 4.78 is 1.98. The van der Waals surface area contributed by atoms with Gasteiger partial charge in [-0.25, -0.2) is 0 Å². The minimum Gasteiger partial charge on any atom is -0.305 e. The van der Waals surface area contributed by atoms with Crippen LogP contribution in [0.2, 0.25) is 0 Å². The van der Waals surface area contributed by atoms with E-state index in [4.69, 9.17) is 0 Å². The van der Waals surface area contributed by atoms with Crippen LogP contribution in [0.15, 0.2) is 23.6 Å². The molecule has 0 bridgehead atoms. The maximum atomic E-state index is 4.28. The van der Waals surface area contributed by atoms with Crippen molar-refractivity contribution in [2.45, 2.75) is 44.2 Å². The molecule has 0 aliphatic carbocycles. The number of aromatic nitrogens is 4. The first-order valence-electron chi connectivity index (χ1n) is 7.64. The number of hydrogen-bond acceptors (Lipinski definition) is 4. The molecule has 2 rings (SSSR count). The van der Waals surface area contributed by atoms with Crippen LogP contribution in [-0.2, 0) is 7.05 Å². The Morgan fingerprint density at radius 3 is 2.77 bits per heavy atom. The van der Waals surface area contributed by atoms with Crippen LogP contribution in [0.5, 0.6) is 0 Å². The lowest BCUT2D eigenvalue weighted by molar-refractivity contribution is 0.679. The number of hydrogen-bond donors (Lipinski definition) is 0. The molecule has 0 amide bonds. The lowest BCUT2D eigenvalue weighted by Crippen LogP contribution is -1.95. The number of rotatable bonds is 6. The summed E-state index contributed by atoms with van der Waals surface area (Å²) in [5.74, 6) is 7.25. The molecule has 2 aromatic heterocycles. The molecular weight excluding hydrogens is 292 g/mol. The largest absolute Gasteiger partial charge is 0.305 e. The Balaban J connectivity index is 2.07. The zero-order chi connectivity index (χ0) is 15.8. The van der Waals surface area contributed by atoms with Gasteiger partial charge in [-0.1, -0.05) is 49.8 Å². The Bertz CT molecular complexity index is 667. The van der Waals surface area contributed by atoms with Crippen LogP contribution in [0.1, 0.15) is 44.6 Å². The van der Waals surface area contributed by atoms with Gasteiger partial charge in [0.15, 0.2) is 11.0 Å². The normalized spacial score (nSPS) is 10.3. The monoisotopic (exact) mass is 314 g/mol. The van der Waals surface area contributed by atoms with Gasteiger partial charge in [-0.05, 0) is 18.7 Å². The van der Waals surface area contributed by atoms with Gasteiger partial charge in [0.25, 0.3) is 0 Å². The van der Waals surface area contributed by atoms with Crippen molar-refractivity contribution in [2.24, 2.45) is 7.05 Å². The first-order valence-corrected chi connectivity index (χ1v) is 8.86. The average molecular weight is 314 g/mol. The molecule has 0 aromatic carbocycles. The summed E-state index contributed by atoms with van der Waals surface area (Å²) in [5, 5.41) is 9.28. The highest BCUT2D eigenvalue weighted by atomic mass is 32.2. The molecule has 0 saturated heterocycles. The second-order valence-corrected chi connectivity index (χ2v) is 5.92. The van der Waals surface area contributed by atoms with Crippen molar-refractivity contribution < 1.29 is 0 Å². The van der Waals surface area contributed by atoms with Crippen LogP contribution in [0, 0.1) is 11.8 Å². The zero-order valence-corrected chi connectivity index (χ0v) is 14.3. The Morgan fingerprint density at radius 1 is 1.18 bits per heavy atom. The Morgan fingerprint density at radius 2 is 2.05 bits per heavy atom. The van der Waals surface area contributed by atoms with Crippen LogP contribution in [0.3, 0.4) is 0 Å². The van der Waals surface area contributed by atoms with Gasteiger partial charge in [-0.2, -0.15) is 0 Å². The molecule has 0 unspecified atom stereocenters. The summed E-state index contributed by atoms with van der Waals surface area (Å²) in [7, 11) is 1.97. The average Bonchev–Trinajstić information content (AvgIpc) is 2.92. The van der Waals surface area contributed by atoms with E-state index in [2.05, 4.69) is 33.9 Å². The SMILES string of the molecule is CCCCCCC#Cc1cncc(-c2nnc(SC)n2C)c1. The van der Waals surface area contributed by atoms with Crippen molar-refractivity contribution in [3.63, 3.8) is 0 Å². The summed E-state index contributed by atoms with van der Waals surface area (Å²) >= 11 is 1.58. The first kappa shape index (κ1) is 16.6. The summed E-state index contributed by atoms with van der Waals surface area (Å²) in [6.07, 6.45) is 11.5. The minimum absolute atomic E-state index is 0.823. The smallest absolute Gasteiger partial charge is 0.190 e. The predicted octanol–water partition coefficient (Wildman–Crippen LogP) is 3.92. The van der Waals surface area contributed by atoms with Crippen molar-refractivity contribution in [1.29, 1.82) is 0 Å². The molecule has 0 radical (unpaired) electrons. The maximum absolute atomic E-state index is 4.28. The van der Waals surface area contributed by atoms with Gasteiger partial charge in [0, 0.05) is 37.0 Å². The molecule has 0 N–H and O–H groups in total. The predicted molar refractivity (Wildman–Crippen MR) is 91.7 cm³/mol. The quantitative estimate of drug-likeness (QED) is 0.460. The summed E-state index contributed by atoms with van der Waals surface area (Å²) in [5.41, 5.74) is 1.88. The first-order chi connectivity index (χ1) is 10.8. The van der Waals surface area contributed by atoms with Crippen molar-refractivity contribution in [3.8, 4) is 23.2 Å². The van der Waals surface area contributed by atoms with Gasteiger partial charge >= 0.3 is 0 Å². The highest BCUT2D eigenvalue weighted by molar-refractivity contribution is 7.98. The van der Waals surface area contributed by atoms with Crippen molar-refractivity contribution in [2.75, 3.05) is 6.26 Å². The topological polar surface area (TPSA) is 43.6 Å². The van der Waals surface area contributed by atoms with Crippen molar-refractivity contribution in [1.82, 2.24) is 19.7 Å². The third kappa shape index (κ3) is 4.35. The van der Waals surface area contributed by atoms with E-state index < -0.39 is 0 Å². The number of pyridine rings is 1. The second-order valence-electron chi connectivity index (χ2n) is 5.14. The van der Waals surface area contributed by atoms with Crippen molar-refractivity contribution >= 4 is 11.8 Å². The number of unbranched alkanes of at least 4 members (excludes halogenated alkanes) is 4. The number of nitrogens with zero attached hydrogens (tertiary/aromatic N) is 4. The molecule has 116 valence electrons. The fourth-order valence-electron chi connectivity index (χ4n) is 2.18. The molecule has 0 atom stereocenters. The van der Waals surface area contributed by atoms with Gasteiger partial charge < -0.3 is 4.57 Å². The van der Waals surface area contributed by atoms with Crippen LogP contribution in [0.25, 0.3) is 11.4 Å². The molecule has 4 nitrogen and oxygen atoms in total. The van der Waals surface area contributed by atoms with Gasteiger partial charge in [0.1, 0.15) is 0 Å². The lowest BCUT2D eigenvalue weighted by Gasteiger charge is -2.02. The van der Waals surface area contributed by atoms with E-state index in [0.29, 0.717) is 0 Å². The van der Waals surface area contributed by atoms with Gasteiger partial charge in [0.05, 0.1) is 0 Å². The fraction of sp³-hybridized carbons (Fsp3) is 0.471. The molecule has 2 aromatic rings. The van der Waals surface area contributed by atoms with E-state index in [0.717, 1.165) is 28.5 Å². The van der Waals surface area contributed by atoms with Gasteiger partial charge in [0.2, 0.25) is 0 Å². The highest BCUT2D eigenvalue weighted by Crippen LogP contribution is 2.20. The van der Waals surface area contributed by atoms with E-state index >= 15 is 0 Å². The summed E-state index contributed by atoms with van der Waals surface area (Å²) in [6.45, 7) is 2.22. The second kappa shape index (κ2) is 8.60. The van der Waals surface area contributed by atoms with Crippen LogP contribution < -0.4 is 0 Å². The molecular formula is C17H22N4S. The molecule has 2 heterocycles. The van der Waals surface area contributed by atoms with Gasteiger partial charge in [-0.15, -0.1) is 10.2 Å². The zero-order valence-electron chi connectivity index (χ0n) is 13.5. The van der Waals surface area contributed by atoms with Crippen LogP contribution in [-0.4, -0.2) is 26.0 Å². The van der Waals surface area contributed by atoms with Crippen molar-refractivity contribution in [3.05, 3.63) is 24.0 Å². The molecule has 22 heavy (non-hydrogen) atoms. The third-order valence-corrected chi connectivity index (χ3v) is 4.12. The van der Waals surface area contributed by atoms with E-state index in [1.807, 2.05) is 23.9 Å². The molecule has 5 heteroatoms. The minimum atomic E-state index is 0.823. The van der Waals surface area contributed by atoms with Crippen LogP contribution in [0.4, 0.5) is 0 Å². The summed E-state index contributed by atoms with van der Waals surface area (Å²) in [6, 6.07) is 2.03. The van der Waals surface area contributed by atoms with E-state index in [1.165, 1.54) is 25.7 Å². The van der Waals surface area contributed by atoms with E-state index in [-0.39, 0.29) is 0 Å². The molecule has 0 spiro atoms. The Hall–Kier alpha value is -1.80. The lowest BCUT2D eigenvalue weighted by atomic mass is 10.1. The number of thioether (sulfide) groups is 1. The Labute approximate surface area is 136 Å². The molecule has 0 aliphatic rings. The van der Waals surface area contributed by atoms with Crippen LogP contribution >= 0.6 is 11.8 Å².